The molecule has 112 valence electrons. The van der Waals surface area contributed by atoms with E-state index in [9.17, 15) is 4.79 Å². The quantitative estimate of drug-likeness (QED) is 0.420. The van der Waals surface area contributed by atoms with Crippen LogP contribution in [0.25, 0.3) is 0 Å². The van der Waals surface area contributed by atoms with E-state index in [0.717, 1.165) is 18.4 Å². The van der Waals surface area contributed by atoms with Crippen molar-refractivity contribution in [1.29, 1.82) is 0 Å². The van der Waals surface area contributed by atoms with E-state index in [4.69, 9.17) is 4.74 Å². The van der Waals surface area contributed by atoms with Crippen molar-refractivity contribution in [2.45, 2.75) is 71.3 Å². The molecule has 1 aromatic carbocycles. The molecule has 2 heteroatoms. The third-order valence-corrected chi connectivity index (χ3v) is 3.56. The highest BCUT2D eigenvalue weighted by Crippen LogP contribution is 2.17. The first-order valence-electron chi connectivity index (χ1n) is 7.98. The summed E-state index contributed by atoms with van der Waals surface area (Å²) < 4.78 is 5.44. The van der Waals surface area contributed by atoms with E-state index >= 15 is 0 Å². The van der Waals surface area contributed by atoms with Gasteiger partial charge in [0.15, 0.2) is 0 Å². The molecular weight excluding hydrogens is 248 g/mol. The average Bonchev–Trinajstić information content (AvgIpc) is 2.47. The molecule has 0 fully saturated rings. The number of benzene rings is 1. The van der Waals surface area contributed by atoms with Crippen LogP contribution in [-0.2, 0) is 9.53 Å². The molecule has 0 aromatic heterocycles. The smallest absolute Gasteiger partial charge is 0.306 e. The maximum Gasteiger partial charge on any atom is 0.306 e. The summed E-state index contributed by atoms with van der Waals surface area (Å²) in [5.74, 6) is -0.0742. The minimum absolute atomic E-state index is 0.0742. The Morgan fingerprint density at radius 2 is 1.60 bits per heavy atom. The van der Waals surface area contributed by atoms with Crippen LogP contribution in [0.3, 0.4) is 0 Å². The van der Waals surface area contributed by atoms with E-state index in [1.807, 2.05) is 37.3 Å². The molecule has 0 aliphatic heterocycles. The normalized spacial score (nSPS) is 12.1. The lowest BCUT2D eigenvalue weighted by molar-refractivity contribution is -0.148. The molecule has 0 unspecified atom stereocenters. The lowest BCUT2D eigenvalue weighted by Crippen LogP contribution is -2.08. The summed E-state index contributed by atoms with van der Waals surface area (Å²) in [6, 6.07) is 9.89. The highest BCUT2D eigenvalue weighted by molar-refractivity contribution is 5.69. The number of carbonyl (C=O) groups is 1. The van der Waals surface area contributed by atoms with E-state index in [-0.39, 0.29) is 12.1 Å². The van der Waals surface area contributed by atoms with Gasteiger partial charge in [0.05, 0.1) is 0 Å². The zero-order valence-electron chi connectivity index (χ0n) is 12.9. The molecule has 0 saturated heterocycles. The summed E-state index contributed by atoms with van der Waals surface area (Å²) in [6.07, 6.45) is 8.96. The monoisotopic (exact) mass is 276 g/mol. The van der Waals surface area contributed by atoms with Crippen LogP contribution in [0.15, 0.2) is 30.3 Å². The highest BCUT2D eigenvalue weighted by atomic mass is 16.5. The Labute approximate surface area is 123 Å². The van der Waals surface area contributed by atoms with Crippen LogP contribution < -0.4 is 0 Å². The van der Waals surface area contributed by atoms with Crippen molar-refractivity contribution >= 4 is 5.97 Å². The van der Waals surface area contributed by atoms with Gasteiger partial charge in [-0.25, -0.2) is 0 Å². The first kappa shape index (κ1) is 16.7. The molecule has 0 radical (unpaired) electrons. The van der Waals surface area contributed by atoms with Crippen molar-refractivity contribution in [1.82, 2.24) is 0 Å². The maximum atomic E-state index is 11.7. The third kappa shape index (κ3) is 7.32. The molecule has 20 heavy (non-hydrogen) atoms. The Balaban J connectivity index is 2.08. The van der Waals surface area contributed by atoms with Crippen LogP contribution in [0.4, 0.5) is 0 Å². The number of hydrogen-bond acceptors (Lipinski definition) is 2. The van der Waals surface area contributed by atoms with Crippen LogP contribution in [0.5, 0.6) is 0 Å². The number of ether oxygens (including phenoxy) is 1. The van der Waals surface area contributed by atoms with Gasteiger partial charge in [0.2, 0.25) is 0 Å². The SMILES string of the molecule is CCCCCCCCCC(=O)O[C@H](C)c1ccccc1. The van der Waals surface area contributed by atoms with Gasteiger partial charge in [0.1, 0.15) is 6.10 Å². The first-order chi connectivity index (χ1) is 9.74. The van der Waals surface area contributed by atoms with Crippen molar-refractivity contribution in [3.05, 3.63) is 35.9 Å². The van der Waals surface area contributed by atoms with Crippen molar-refractivity contribution in [2.24, 2.45) is 0 Å². The van der Waals surface area contributed by atoms with Gasteiger partial charge in [-0.3, -0.25) is 4.79 Å². The fourth-order valence-electron chi connectivity index (χ4n) is 2.27. The standard InChI is InChI=1S/C18H28O2/c1-3-4-5-6-7-8-12-15-18(19)20-16(2)17-13-10-9-11-14-17/h9-11,13-14,16H,3-8,12,15H2,1-2H3/t16-/m1/s1. The molecule has 0 heterocycles. The van der Waals surface area contributed by atoms with Gasteiger partial charge in [-0.2, -0.15) is 0 Å². The van der Waals surface area contributed by atoms with Gasteiger partial charge < -0.3 is 4.74 Å². The third-order valence-electron chi connectivity index (χ3n) is 3.56. The number of esters is 1. The minimum atomic E-state index is -0.145. The fraction of sp³-hybridized carbons (Fsp3) is 0.611. The summed E-state index contributed by atoms with van der Waals surface area (Å²) >= 11 is 0. The van der Waals surface area contributed by atoms with Crippen LogP contribution in [0.2, 0.25) is 0 Å². The summed E-state index contributed by atoms with van der Waals surface area (Å²) in [4.78, 5) is 11.7. The maximum absolute atomic E-state index is 11.7. The summed E-state index contributed by atoms with van der Waals surface area (Å²) in [5.41, 5.74) is 1.06. The number of hydrogen-bond donors (Lipinski definition) is 0. The van der Waals surface area contributed by atoms with Gasteiger partial charge in [-0.05, 0) is 18.9 Å². The zero-order chi connectivity index (χ0) is 14.6. The van der Waals surface area contributed by atoms with E-state index in [1.54, 1.807) is 0 Å². The predicted molar refractivity (Wildman–Crippen MR) is 83.6 cm³/mol. The summed E-state index contributed by atoms with van der Waals surface area (Å²) in [7, 11) is 0. The van der Waals surface area contributed by atoms with E-state index in [0.29, 0.717) is 6.42 Å². The second-order valence-corrected chi connectivity index (χ2v) is 5.41. The molecule has 0 amide bonds. The molecule has 1 aromatic rings. The number of rotatable bonds is 10. The van der Waals surface area contributed by atoms with E-state index in [2.05, 4.69) is 6.92 Å². The summed E-state index contributed by atoms with van der Waals surface area (Å²) in [6.45, 7) is 4.15. The van der Waals surface area contributed by atoms with Crippen LogP contribution in [-0.4, -0.2) is 5.97 Å². The summed E-state index contributed by atoms with van der Waals surface area (Å²) in [5, 5.41) is 0. The van der Waals surface area contributed by atoms with Crippen molar-refractivity contribution in [2.75, 3.05) is 0 Å². The lowest BCUT2D eigenvalue weighted by atomic mass is 10.1. The molecule has 1 rings (SSSR count). The Kier molecular flexibility index (Phi) is 8.77. The zero-order valence-corrected chi connectivity index (χ0v) is 12.9. The van der Waals surface area contributed by atoms with Crippen LogP contribution in [0.1, 0.15) is 76.9 Å². The molecule has 0 saturated carbocycles. The molecule has 0 spiro atoms. The molecule has 1 atom stereocenters. The lowest BCUT2D eigenvalue weighted by Gasteiger charge is -2.13. The van der Waals surface area contributed by atoms with Gasteiger partial charge >= 0.3 is 5.97 Å². The van der Waals surface area contributed by atoms with Crippen molar-refractivity contribution in [3.8, 4) is 0 Å². The second-order valence-electron chi connectivity index (χ2n) is 5.41. The Bertz CT molecular complexity index is 359. The fourth-order valence-corrected chi connectivity index (χ4v) is 2.27. The number of carbonyl (C=O) groups excluding carboxylic acids is 1. The molecule has 0 aliphatic carbocycles. The highest BCUT2D eigenvalue weighted by Gasteiger charge is 2.10. The molecule has 0 N–H and O–H groups in total. The topological polar surface area (TPSA) is 26.3 Å². The molecular formula is C18H28O2. The van der Waals surface area contributed by atoms with E-state index < -0.39 is 0 Å². The van der Waals surface area contributed by atoms with Crippen molar-refractivity contribution < 1.29 is 9.53 Å². The Morgan fingerprint density at radius 1 is 1.00 bits per heavy atom. The van der Waals surface area contributed by atoms with Crippen molar-refractivity contribution in [3.63, 3.8) is 0 Å². The Hall–Kier alpha value is -1.31. The Morgan fingerprint density at radius 3 is 2.25 bits per heavy atom. The largest absolute Gasteiger partial charge is 0.458 e. The molecule has 0 bridgehead atoms. The second kappa shape index (κ2) is 10.5. The van der Waals surface area contributed by atoms with Crippen LogP contribution in [0, 0.1) is 0 Å². The van der Waals surface area contributed by atoms with Gasteiger partial charge in [0.25, 0.3) is 0 Å². The molecule has 2 nitrogen and oxygen atoms in total. The number of unbranched alkanes of at least 4 members (excludes halogenated alkanes) is 6. The van der Waals surface area contributed by atoms with E-state index in [1.165, 1.54) is 32.1 Å². The molecule has 0 aliphatic rings. The van der Waals surface area contributed by atoms with Gasteiger partial charge in [0, 0.05) is 6.42 Å². The average molecular weight is 276 g/mol. The minimum Gasteiger partial charge on any atom is -0.458 e. The first-order valence-corrected chi connectivity index (χ1v) is 7.98. The predicted octanol–water partition coefficient (Wildman–Crippen LogP) is 5.43. The van der Waals surface area contributed by atoms with Gasteiger partial charge in [-0.15, -0.1) is 0 Å². The van der Waals surface area contributed by atoms with Gasteiger partial charge in [-0.1, -0.05) is 75.8 Å². The van der Waals surface area contributed by atoms with Crippen LogP contribution >= 0.6 is 0 Å².